The fourth-order valence-electron chi connectivity index (χ4n) is 2.25. The minimum Gasteiger partial charge on any atom is -0.463 e. The zero-order valence-corrected chi connectivity index (χ0v) is 15.4. The van der Waals surface area contributed by atoms with Crippen LogP contribution in [-0.2, 0) is 9.53 Å². The summed E-state index contributed by atoms with van der Waals surface area (Å²) >= 11 is 13.7. The van der Waals surface area contributed by atoms with Crippen molar-refractivity contribution in [2.24, 2.45) is 4.99 Å². The lowest BCUT2D eigenvalue weighted by Gasteiger charge is -2.26. The number of halogens is 2. The summed E-state index contributed by atoms with van der Waals surface area (Å²) in [6, 6.07) is 6.60. The van der Waals surface area contributed by atoms with Crippen LogP contribution in [-0.4, -0.2) is 23.5 Å². The molecule has 1 aliphatic rings. The molecule has 0 bridgehead atoms. The first kappa shape index (κ1) is 18.7. The molecule has 0 spiro atoms. The minimum absolute atomic E-state index is 0.240. The van der Waals surface area contributed by atoms with Gasteiger partial charge in [0.1, 0.15) is 6.04 Å². The second-order valence-electron chi connectivity index (χ2n) is 4.81. The largest absolute Gasteiger partial charge is 0.463 e. The van der Waals surface area contributed by atoms with E-state index in [1.54, 1.807) is 32.0 Å². The molecule has 0 amide bonds. The molecule has 0 radical (unpaired) electrons. The molecule has 1 heterocycles. The van der Waals surface area contributed by atoms with Crippen molar-refractivity contribution in [2.45, 2.75) is 19.9 Å². The van der Waals surface area contributed by atoms with E-state index in [0.717, 1.165) is 0 Å². The summed E-state index contributed by atoms with van der Waals surface area (Å²) in [5.41, 5.74) is 1.61. The lowest BCUT2D eigenvalue weighted by molar-refractivity contribution is -0.138. The number of nitrogens with one attached hydrogen (secondary N) is 1. The van der Waals surface area contributed by atoms with Crippen LogP contribution in [0.4, 0.5) is 0 Å². The van der Waals surface area contributed by atoms with Crippen LogP contribution in [0.15, 0.2) is 34.5 Å². The number of ether oxygens (including phenoxy) is 1. The number of esters is 1. The van der Waals surface area contributed by atoms with E-state index in [9.17, 15) is 4.79 Å². The van der Waals surface area contributed by atoms with Gasteiger partial charge >= 0.3 is 5.97 Å². The van der Waals surface area contributed by atoms with Gasteiger partial charge in [-0.3, -0.25) is 0 Å². The van der Waals surface area contributed by atoms with Crippen molar-refractivity contribution in [3.8, 4) is 6.07 Å². The van der Waals surface area contributed by atoms with Gasteiger partial charge in [-0.05, 0) is 19.9 Å². The molecule has 5 nitrogen and oxygen atoms in total. The second-order valence-corrected chi connectivity index (χ2v) is 6.56. The zero-order chi connectivity index (χ0) is 17.7. The summed E-state index contributed by atoms with van der Waals surface area (Å²) in [6.07, 6.45) is 0. The topological polar surface area (TPSA) is 74.5 Å². The smallest absolute Gasteiger partial charge is 0.338 e. The van der Waals surface area contributed by atoms with E-state index in [1.807, 2.05) is 6.07 Å². The maximum Gasteiger partial charge on any atom is 0.338 e. The highest BCUT2D eigenvalue weighted by Crippen LogP contribution is 2.38. The third-order valence-corrected chi connectivity index (χ3v) is 4.85. The monoisotopic (exact) mass is 383 g/mol. The van der Waals surface area contributed by atoms with Crippen LogP contribution >= 0.6 is 35.0 Å². The van der Waals surface area contributed by atoms with Gasteiger partial charge < -0.3 is 10.1 Å². The molecule has 1 unspecified atom stereocenters. The third kappa shape index (κ3) is 4.04. The first-order chi connectivity index (χ1) is 11.5. The van der Waals surface area contributed by atoms with Crippen LogP contribution in [0.1, 0.15) is 25.5 Å². The number of nitriles is 1. The molecule has 8 heteroatoms. The molecule has 1 N–H and O–H groups in total. The quantitative estimate of drug-likeness (QED) is 0.792. The predicted octanol–water partition coefficient (Wildman–Crippen LogP) is 4.09. The number of carbonyl (C=O) groups excluding carboxylic acids is 1. The number of carbonyl (C=O) groups is 1. The van der Waals surface area contributed by atoms with Gasteiger partial charge in [0.25, 0.3) is 0 Å². The fraction of sp³-hybridized carbons (Fsp3) is 0.312. The minimum atomic E-state index is -0.641. The van der Waals surface area contributed by atoms with Crippen LogP contribution in [0.25, 0.3) is 0 Å². The maximum atomic E-state index is 12.4. The lowest BCUT2D eigenvalue weighted by atomic mass is 9.96. The number of hydrogen-bond donors (Lipinski definition) is 1. The highest BCUT2D eigenvalue weighted by atomic mass is 35.5. The normalized spacial score (nSPS) is 17.0. The van der Waals surface area contributed by atoms with Crippen LogP contribution < -0.4 is 5.32 Å². The molecule has 126 valence electrons. The number of rotatable bonds is 4. The Hall–Kier alpha value is -1.68. The lowest BCUT2D eigenvalue weighted by Crippen LogP contribution is -2.30. The molecule has 24 heavy (non-hydrogen) atoms. The van der Waals surface area contributed by atoms with E-state index in [0.29, 0.717) is 32.0 Å². The van der Waals surface area contributed by atoms with E-state index < -0.39 is 12.0 Å². The molecular formula is C16H15Cl2N3O2S. The van der Waals surface area contributed by atoms with Crippen molar-refractivity contribution in [1.29, 1.82) is 5.26 Å². The van der Waals surface area contributed by atoms with Gasteiger partial charge in [0.15, 0.2) is 5.17 Å². The summed E-state index contributed by atoms with van der Waals surface area (Å²) in [5, 5.41) is 13.1. The predicted molar refractivity (Wildman–Crippen MR) is 97.2 cm³/mol. The number of aliphatic imine (C=N–C) groups is 1. The summed E-state index contributed by atoms with van der Waals surface area (Å²) in [5.74, 6) is -0.222. The van der Waals surface area contributed by atoms with E-state index in [-0.39, 0.29) is 12.4 Å². The highest BCUT2D eigenvalue weighted by molar-refractivity contribution is 8.14. The Morgan fingerprint density at radius 2 is 2.25 bits per heavy atom. The average molecular weight is 384 g/mol. The van der Waals surface area contributed by atoms with Gasteiger partial charge in [-0.1, -0.05) is 47.1 Å². The van der Waals surface area contributed by atoms with E-state index in [4.69, 9.17) is 33.2 Å². The summed E-state index contributed by atoms with van der Waals surface area (Å²) in [4.78, 5) is 16.9. The Balaban J connectivity index is 2.51. The Morgan fingerprint density at radius 3 is 2.92 bits per heavy atom. The molecule has 2 rings (SSSR count). The third-order valence-electron chi connectivity index (χ3n) is 3.26. The molecule has 1 aromatic rings. The summed E-state index contributed by atoms with van der Waals surface area (Å²) < 4.78 is 5.15. The first-order valence-corrected chi connectivity index (χ1v) is 8.90. The Labute approximate surface area is 154 Å². The van der Waals surface area contributed by atoms with Crippen molar-refractivity contribution in [2.75, 3.05) is 12.4 Å². The zero-order valence-electron chi connectivity index (χ0n) is 13.1. The Bertz CT molecular complexity index is 756. The van der Waals surface area contributed by atoms with Crippen molar-refractivity contribution in [3.63, 3.8) is 0 Å². The maximum absolute atomic E-state index is 12.4. The highest BCUT2D eigenvalue weighted by Gasteiger charge is 2.32. The van der Waals surface area contributed by atoms with Crippen LogP contribution in [0.3, 0.4) is 0 Å². The SMILES string of the molecule is CCOC(=O)C1=C(C)NC(SCC#N)=NC1c1cccc(Cl)c1Cl. The Morgan fingerprint density at radius 1 is 1.50 bits per heavy atom. The van der Waals surface area contributed by atoms with E-state index >= 15 is 0 Å². The molecule has 0 aromatic heterocycles. The van der Waals surface area contributed by atoms with Crippen LogP contribution in [0.5, 0.6) is 0 Å². The first-order valence-electron chi connectivity index (χ1n) is 7.16. The molecule has 0 fully saturated rings. The van der Waals surface area contributed by atoms with Gasteiger partial charge in [-0.2, -0.15) is 5.26 Å². The van der Waals surface area contributed by atoms with Gasteiger partial charge in [0, 0.05) is 11.3 Å². The Kier molecular flexibility index (Phi) is 6.55. The van der Waals surface area contributed by atoms with E-state index in [2.05, 4.69) is 10.3 Å². The molecule has 1 atom stereocenters. The summed E-state index contributed by atoms with van der Waals surface area (Å²) in [7, 11) is 0. The molecule has 1 aliphatic heterocycles. The number of thioether (sulfide) groups is 1. The number of hydrogen-bond acceptors (Lipinski definition) is 6. The summed E-state index contributed by atoms with van der Waals surface area (Å²) in [6.45, 7) is 3.76. The van der Waals surface area contributed by atoms with Crippen molar-refractivity contribution >= 4 is 46.1 Å². The molecule has 1 aromatic carbocycles. The fourth-order valence-corrected chi connectivity index (χ4v) is 3.27. The van der Waals surface area contributed by atoms with Gasteiger partial charge in [-0.25, -0.2) is 9.79 Å². The number of benzene rings is 1. The molecule has 0 saturated carbocycles. The average Bonchev–Trinajstić information content (AvgIpc) is 2.55. The van der Waals surface area contributed by atoms with Crippen LogP contribution in [0.2, 0.25) is 10.0 Å². The van der Waals surface area contributed by atoms with Crippen molar-refractivity contribution < 1.29 is 9.53 Å². The molecule has 0 saturated heterocycles. The van der Waals surface area contributed by atoms with Gasteiger partial charge in [-0.15, -0.1) is 0 Å². The van der Waals surface area contributed by atoms with Crippen molar-refractivity contribution in [1.82, 2.24) is 5.32 Å². The number of nitrogens with zero attached hydrogens (tertiary/aromatic N) is 2. The van der Waals surface area contributed by atoms with Crippen LogP contribution in [0, 0.1) is 11.3 Å². The standard InChI is InChI=1S/C16H15Cl2N3O2S/c1-3-23-15(22)12-9(2)20-16(24-8-7-19)21-14(12)10-5-4-6-11(17)13(10)18/h4-6,14H,3,8H2,1-2H3,(H,20,21). The van der Waals surface area contributed by atoms with Gasteiger partial charge in [0.05, 0.1) is 34.0 Å². The number of allylic oxidation sites excluding steroid dienone is 1. The van der Waals surface area contributed by atoms with Gasteiger partial charge in [0.2, 0.25) is 0 Å². The van der Waals surface area contributed by atoms with E-state index in [1.165, 1.54) is 11.8 Å². The van der Waals surface area contributed by atoms with Crippen molar-refractivity contribution in [3.05, 3.63) is 45.1 Å². The molecule has 0 aliphatic carbocycles. The molecular weight excluding hydrogens is 369 g/mol. The second kappa shape index (κ2) is 8.43. The number of amidine groups is 1.